The number of para-hydroxylation sites is 1. The molecule has 1 unspecified atom stereocenters. The maximum absolute atomic E-state index is 13.0. The van der Waals surface area contributed by atoms with E-state index in [9.17, 15) is 14.7 Å². The van der Waals surface area contributed by atoms with E-state index in [0.717, 1.165) is 11.1 Å². The topological polar surface area (TPSA) is 102 Å². The Balaban J connectivity index is 1.78. The minimum Gasteiger partial charge on any atom is -0.478 e. The highest BCUT2D eigenvalue weighted by molar-refractivity contribution is 5.94. The first-order chi connectivity index (χ1) is 16.2. The normalized spacial score (nSPS) is 12.0. The standard InChI is InChI=1S/C27H26N2O5/c1-15(2)33-25-10-9-18(14-28-25)24-13-23(30)21-12-16(3)11-20(26(21)34-24)17(4)29-22-8-6-5-7-19(22)27(31)32/h5-15,17,29H,1-4H3,(H,31,32). The van der Waals surface area contributed by atoms with Crippen LogP contribution in [0.2, 0.25) is 0 Å². The molecule has 0 aliphatic rings. The molecule has 0 bridgehead atoms. The third kappa shape index (κ3) is 4.78. The van der Waals surface area contributed by atoms with Crippen LogP contribution in [-0.4, -0.2) is 22.2 Å². The summed E-state index contributed by atoms with van der Waals surface area (Å²) in [5.41, 5.74) is 3.24. The molecule has 174 valence electrons. The minimum absolute atomic E-state index is 0.00277. The van der Waals surface area contributed by atoms with Crippen LogP contribution in [0, 0.1) is 6.92 Å². The average Bonchev–Trinajstić information content (AvgIpc) is 2.79. The number of nitrogens with zero attached hydrogens (tertiary/aromatic N) is 1. The lowest BCUT2D eigenvalue weighted by Crippen LogP contribution is -2.12. The highest BCUT2D eigenvalue weighted by atomic mass is 16.5. The van der Waals surface area contributed by atoms with Crippen molar-refractivity contribution in [3.8, 4) is 17.2 Å². The Hall–Kier alpha value is -4.13. The summed E-state index contributed by atoms with van der Waals surface area (Å²) in [4.78, 5) is 28.9. The number of aromatic carboxylic acids is 1. The highest BCUT2D eigenvalue weighted by Crippen LogP contribution is 2.31. The van der Waals surface area contributed by atoms with Gasteiger partial charge in [0.15, 0.2) is 5.43 Å². The van der Waals surface area contributed by atoms with E-state index < -0.39 is 5.97 Å². The zero-order valence-corrected chi connectivity index (χ0v) is 19.5. The molecule has 2 heterocycles. The van der Waals surface area contributed by atoms with E-state index in [1.54, 1.807) is 48.7 Å². The Labute approximate surface area is 197 Å². The SMILES string of the molecule is Cc1cc(C(C)Nc2ccccc2C(=O)O)c2oc(-c3ccc(OC(C)C)nc3)cc(=O)c2c1. The van der Waals surface area contributed by atoms with Crippen molar-refractivity contribution in [2.75, 3.05) is 5.32 Å². The van der Waals surface area contributed by atoms with Crippen molar-refractivity contribution in [1.82, 2.24) is 4.98 Å². The fourth-order valence-corrected chi connectivity index (χ4v) is 3.84. The first-order valence-corrected chi connectivity index (χ1v) is 11.0. The number of fused-ring (bicyclic) bond motifs is 1. The van der Waals surface area contributed by atoms with E-state index in [1.807, 2.05) is 33.8 Å². The van der Waals surface area contributed by atoms with Crippen LogP contribution in [0.5, 0.6) is 5.88 Å². The fourth-order valence-electron chi connectivity index (χ4n) is 3.84. The van der Waals surface area contributed by atoms with Crippen LogP contribution in [0.1, 0.15) is 48.3 Å². The predicted molar refractivity (Wildman–Crippen MR) is 132 cm³/mol. The number of pyridine rings is 1. The molecule has 0 amide bonds. The molecule has 7 nitrogen and oxygen atoms in total. The number of anilines is 1. The van der Waals surface area contributed by atoms with Gasteiger partial charge in [-0.25, -0.2) is 9.78 Å². The molecule has 2 aromatic heterocycles. The minimum atomic E-state index is -1.02. The highest BCUT2D eigenvalue weighted by Gasteiger charge is 2.18. The van der Waals surface area contributed by atoms with E-state index in [2.05, 4.69) is 10.3 Å². The molecule has 0 spiro atoms. The van der Waals surface area contributed by atoms with Crippen molar-refractivity contribution in [3.63, 3.8) is 0 Å². The number of carboxylic acid groups (broad SMARTS) is 1. The number of carbonyl (C=O) groups is 1. The van der Waals surface area contributed by atoms with Crippen LogP contribution < -0.4 is 15.5 Å². The number of hydrogen-bond acceptors (Lipinski definition) is 6. The summed E-state index contributed by atoms with van der Waals surface area (Å²) in [5.74, 6) is -0.131. The van der Waals surface area contributed by atoms with Crippen LogP contribution in [0.25, 0.3) is 22.3 Å². The molecular weight excluding hydrogens is 432 g/mol. The number of aromatic nitrogens is 1. The second-order valence-electron chi connectivity index (χ2n) is 8.47. The fraction of sp³-hybridized carbons (Fsp3) is 0.222. The van der Waals surface area contributed by atoms with Crippen LogP contribution in [0.4, 0.5) is 5.69 Å². The Morgan fingerprint density at radius 1 is 1.09 bits per heavy atom. The molecule has 1 atom stereocenters. The number of benzene rings is 2. The van der Waals surface area contributed by atoms with Gasteiger partial charge >= 0.3 is 5.97 Å². The van der Waals surface area contributed by atoms with Gasteiger partial charge in [-0.15, -0.1) is 0 Å². The molecule has 0 aliphatic heterocycles. The van der Waals surface area contributed by atoms with Gasteiger partial charge in [-0.3, -0.25) is 4.79 Å². The Kier molecular flexibility index (Phi) is 6.36. The van der Waals surface area contributed by atoms with Gasteiger partial charge in [0, 0.05) is 35.1 Å². The Bertz CT molecular complexity index is 1410. The van der Waals surface area contributed by atoms with Crippen molar-refractivity contribution >= 4 is 22.6 Å². The van der Waals surface area contributed by atoms with Crippen molar-refractivity contribution in [1.29, 1.82) is 0 Å². The smallest absolute Gasteiger partial charge is 0.337 e. The van der Waals surface area contributed by atoms with E-state index >= 15 is 0 Å². The molecular formula is C27H26N2O5. The Morgan fingerprint density at radius 2 is 1.85 bits per heavy atom. The van der Waals surface area contributed by atoms with Crippen LogP contribution in [-0.2, 0) is 0 Å². The molecule has 0 radical (unpaired) electrons. The first kappa shape index (κ1) is 23.0. The lowest BCUT2D eigenvalue weighted by molar-refractivity contribution is 0.0698. The summed E-state index contributed by atoms with van der Waals surface area (Å²) in [6, 6.07) is 15.1. The molecule has 34 heavy (non-hydrogen) atoms. The van der Waals surface area contributed by atoms with Crippen LogP contribution in [0.15, 0.2) is 70.0 Å². The summed E-state index contributed by atoms with van der Waals surface area (Å²) in [7, 11) is 0. The molecule has 2 aromatic carbocycles. The van der Waals surface area contributed by atoms with Gasteiger partial charge in [0.05, 0.1) is 23.1 Å². The summed E-state index contributed by atoms with van der Waals surface area (Å²) in [5, 5.41) is 13.2. The van der Waals surface area contributed by atoms with Gasteiger partial charge in [0.25, 0.3) is 0 Å². The molecule has 4 aromatic rings. The molecule has 0 fully saturated rings. The number of hydrogen-bond donors (Lipinski definition) is 2. The van der Waals surface area contributed by atoms with E-state index in [1.165, 1.54) is 6.07 Å². The maximum Gasteiger partial charge on any atom is 0.337 e. The van der Waals surface area contributed by atoms with Gasteiger partial charge in [-0.2, -0.15) is 0 Å². The maximum atomic E-state index is 13.0. The van der Waals surface area contributed by atoms with Crippen molar-refractivity contribution in [2.24, 2.45) is 0 Å². The van der Waals surface area contributed by atoms with Crippen molar-refractivity contribution in [3.05, 3.63) is 87.7 Å². The number of aryl methyl sites for hydroxylation is 1. The zero-order valence-electron chi connectivity index (χ0n) is 19.5. The summed E-state index contributed by atoms with van der Waals surface area (Å²) >= 11 is 0. The van der Waals surface area contributed by atoms with Gasteiger partial charge in [0.1, 0.15) is 11.3 Å². The van der Waals surface area contributed by atoms with Crippen molar-refractivity contribution in [2.45, 2.75) is 39.8 Å². The molecule has 0 saturated carbocycles. The zero-order chi connectivity index (χ0) is 24.4. The van der Waals surface area contributed by atoms with Gasteiger partial charge in [-0.1, -0.05) is 18.2 Å². The first-order valence-electron chi connectivity index (χ1n) is 11.0. The lowest BCUT2D eigenvalue weighted by atomic mass is 10.00. The largest absolute Gasteiger partial charge is 0.478 e. The quantitative estimate of drug-likeness (QED) is 0.360. The second-order valence-corrected chi connectivity index (χ2v) is 8.47. The second kappa shape index (κ2) is 9.39. The van der Waals surface area contributed by atoms with Crippen LogP contribution in [0.3, 0.4) is 0 Å². The van der Waals surface area contributed by atoms with Gasteiger partial charge in [0.2, 0.25) is 5.88 Å². The van der Waals surface area contributed by atoms with E-state index in [0.29, 0.717) is 33.9 Å². The summed E-state index contributed by atoms with van der Waals surface area (Å²) < 4.78 is 11.8. The lowest BCUT2D eigenvalue weighted by Gasteiger charge is -2.19. The average molecular weight is 459 g/mol. The van der Waals surface area contributed by atoms with E-state index in [4.69, 9.17) is 9.15 Å². The third-order valence-electron chi connectivity index (χ3n) is 5.37. The molecule has 2 N–H and O–H groups in total. The molecule has 0 saturated heterocycles. The third-order valence-corrected chi connectivity index (χ3v) is 5.37. The number of rotatable bonds is 7. The predicted octanol–water partition coefficient (Wildman–Crippen LogP) is 5.82. The van der Waals surface area contributed by atoms with Crippen molar-refractivity contribution < 1.29 is 19.1 Å². The monoisotopic (exact) mass is 458 g/mol. The molecule has 7 heteroatoms. The molecule has 0 aliphatic carbocycles. The van der Waals surface area contributed by atoms with E-state index in [-0.39, 0.29) is 23.1 Å². The van der Waals surface area contributed by atoms with Gasteiger partial charge < -0.3 is 19.6 Å². The number of ether oxygens (including phenoxy) is 1. The summed E-state index contributed by atoms with van der Waals surface area (Å²) in [6.07, 6.45) is 1.61. The van der Waals surface area contributed by atoms with Crippen LogP contribution >= 0.6 is 0 Å². The summed E-state index contributed by atoms with van der Waals surface area (Å²) in [6.45, 7) is 7.65. The number of nitrogens with one attached hydrogen (secondary N) is 1. The molecule has 4 rings (SSSR count). The Morgan fingerprint density at radius 3 is 2.53 bits per heavy atom. The number of carboxylic acids is 1. The van der Waals surface area contributed by atoms with Gasteiger partial charge in [-0.05, 0) is 57.5 Å².